The molecule has 1 saturated carbocycles. The summed E-state index contributed by atoms with van der Waals surface area (Å²) in [4.78, 5) is 39.7. The Morgan fingerprint density at radius 1 is 1.12 bits per heavy atom. The number of ether oxygens (including phenoxy) is 1. The zero-order valence-corrected chi connectivity index (χ0v) is 19.2. The Kier molecular flexibility index (Phi) is 8.67. The van der Waals surface area contributed by atoms with Gasteiger partial charge in [0.15, 0.2) is 0 Å². The van der Waals surface area contributed by atoms with Crippen molar-refractivity contribution in [3.63, 3.8) is 0 Å². The number of hydrogen-bond donors (Lipinski definition) is 2. The van der Waals surface area contributed by atoms with Gasteiger partial charge in [-0.15, -0.1) is 0 Å². The molecule has 5 atom stereocenters. The third-order valence-corrected chi connectivity index (χ3v) is 6.87. The molecule has 1 amide bonds. The van der Waals surface area contributed by atoms with Crippen molar-refractivity contribution in [1.82, 2.24) is 10.2 Å². The third kappa shape index (κ3) is 5.88. The lowest BCUT2D eigenvalue weighted by Crippen LogP contribution is -2.62. The van der Waals surface area contributed by atoms with Gasteiger partial charge >= 0.3 is 11.9 Å². The van der Waals surface area contributed by atoms with Gasteiger partial charge in [-0.1, -0.05) is 43.2 Å². The van der Waals surface area contributed by atoms with Crippen LogP contribution in [-0.2, 0) is 25.5 Å². The van der Waals surface area contributed by atoms with Crippen molar-refractivity contribution in [3.8, 4) is 0 Å². The molecule has 2 N–H and O–H groups in total. The topological polar surface area (TPSA) is 95.9 Å². The first-order valence-electron chi connectivity index (χ1n) is 11.9. The van der Waals surface area contributed by atoms with E-state index >= 15 is 0 Å². The van der Waals surface area contributed by atoms with Crippen molar-refractivity contribution in [2.45, 2.75) is 89.4 Å². The van der Waals surface area contributed by atoms with E-state index in [2.05, 4.69) is 5.32 Å². The molecular weight excluding hydrogens is 408 g/mol. The molecule has 32 heavy (non-hydrogen) atoms. The number of carboxylic acids is 1. The molecule has 1 heterocycles. The highest BCUT2D eigenvalue weighted by Crippen LogP contribution is 2.38. The van der Waals surface area contributed by atoms with Crippen LogP contribution in [0.15, 0.2) is 30.3 Å². The lowest BCUT2D eigenvalue weighted by atomic mass is 9.76. The number of esters is 1. The Morgan fingerprint density at radius 3 is 2.53 bits per heavy atom. The molecule has 1 saturated heterocycles. The quantitative estimate of drug-likeness (QED) is 0.568. The number of rotatable bonds is 9. The summed E-state index contributed by atoms with van der Waals surface area (Å²) in [6, 6.07) is 7.73. The average molecular weight is 445 g/mol. The highest BCUT2D eigenvalue weighted by atomic mass is 16.5. The van der Waals surface area contributed by atoms with E-state index in [4.69, 9.17) is 4.74 Å². The van der Waals surface area contributed by atoms with Gasteiger partial charge in [0.05, 0.1) is 12.6 Å². The maximum atomic E-state index is 13.5. The summed E-state index contributed by atoms with van der Waals surface area (Å²) in [6.45, 7) is 3.75. The van der Waals surface area contributed by atoms with Gasteiger partial charge in [0, 0.05) is 6.04 Å². The number of likely N-dealkylation sites (tertiary alicyclic amines) is 1. The van der Waals surface area contributed by atoms with Crippen molar-refractivity contribution in [3.05, 3.63) is 35.9 Å². The summed E-state index contributed by atoms with van der Waals surface area (Å²) >= 11 is 0. The lowest BCUT2D eigenvalue weighted by molar-refractivity contribution is -0.159. The zero-order chi connectivity index (χ0) is 23.1. The van der Waals surface area contributed by atoms with Crippen LogP contribution in [0.2, 0.25) is 0 Å². The lowest BCUT2D eigenvalue weighted by Gasteiger charge is -2.48. The van der Waals surface area contributed by atoms with E-state index in [9.17, 15) is 19.5 Å². The van der Waals surface area contributed by atoms with Gasteiger partial charge in [-0.05, 0) is 63.9 Å². The predicted octanol–water partition coefficient (Wildman–Crippen LogP) is 3.16. The van der Waals surface area contributed by atoms with Gasteiger partial charge in [0.25, 0.3) is 0 Å². The van der Waals surface area contributed by atoms with Crippen LogP contribution in [0.25, 0.3) is 0 Å². The molecule has 7 heteroatoms. The minimum atomic E-state index is -0.944. The maximum absolute atomic E-state index is 13.5. The first-order chi connectivity index (χ1) is 15.4. The maximum Gasteiger partial charge on any atom is 0.326 e. The van der Waals surface area contributed by atoms with Crippen molar-refractivity contribution < 1.29 is 24.2 Å². The fraction of sp³-hybridized carbons (Fsp3) is 0.640. The number of aliphatic carboxylic acids is 1. The van der Waals surface area contributed by atoms with Gasteiger partial charge in [-0.25, -0.2) is 4.79 Å². The van der Waals surface area contributed by atoms with Crippen LogP contribution in [0.3, 0.4) is 0 Å². The van der Waals surface area contributed by atoms with E-state index < -0.39 is 24.1 Å². The molecule has 1 aromatic rings. The molecule has 3 unspecified atom stereocenters. The third-order valence-electron chi connectivity index (χ3n) is 6.87. The number of piperidine rings is 1. The molecule has 0 bridgehead atoms. The monoisotopic (exact) mass is 444 g/mol. The number of carbonyl (C=O) groups excluding carboxylic acids is 2. The normalized spacial score (nSPS) is 24.8. The molecule has 2 aliphatic rings. The Hall–Kier alpha value is -2.41. The molecule has 0 aromatic heterocycles. The number of amides is 1. The molecule has 1 aromatic carbocycles. The summed E-state index contributed by atoms with van der Waals surface area (Å²) in [5.74, 6) is -1.19. The predicted molar refractivity (Wildman–Crippen MR) is 121 cm³/mol. The average Bonchev–Trinajstić information content (AvgIpc) is 2.81. The number of fused-ring (bicyclic) bond motifs is 1. The Balaban J connectivity index is 1.72. The van der Waals surface area contributed by atoms with E-state index in [1.807, 2.05) is 30.3 Å². The van der Waals surface area contributed by atoms with Crippen LogP contribution < -0.4 is 5.32 Å². The highest BCUT2D eigenvalue weighted by molar-refractivity contribution is 5.88. The van der Waals surface area contributed by atoms with Crippen molar-refractivity contribution >= 4 is 17.8 Å². The standard InChI is InChI=1S/C25H36N2O5/c1-3-32-25(31)20(15-13-18-9-5-4-6-10-18)26-17(2)23(28)27-21-12-8-7-11-19(21)14-16-22(27)24(29)30/h4-6,9-10,17,19-22,26H,3,7-8,11-16H2,1-2H3,(H,29,30)/t17?,19?,20-,21?,22-/m0/s1. The smallest absolute Gasteiger partial charge is 0.326 e. The van der Waals surface area contributed by atoms with E-state index in [0.29, 0.717) is 25.2 Å². The van der Waals surface area contributed by atoms with Crippen LogP contribution in [0.1, 0.15) is 64.4 Å². The van der Waals surface area contributed by atoms with Gasteiger partial charge in [0.1, 0.15) is 12.1 Å². The van der Waals surface area contributed by atoms with Crippen LogP contribution >= 0.6 is 0 Å². The second-order valence-electron chi connectivity index (χ2n) is 9.01. The number of carboxylic acid groups (broad SMARTS) is 1. The number of nitrogens with zero attached hydrogens (tertiary/aromatic N) is 1. The Morgan fingerprint density at radius 2 is 1.84 bits per heavy atom. The Bertz CT molecular complexity index is 784. The summed E-state index contributed by atoms with van der Waals surface area (Å²) in [7, 11) is 0. The molecule has 0 radical (unpaired) electrons. The molecule has 0 spiro atoms. The molecule has 1 aliphatic heterocycles. The van der Waals surface area contributed by atoms with E-state index in [-0.39, 0.29) is 24.5 Å². The van der Waals surface area contributed by atoms with Gasteiger partial charge in [0.2, 0.25) is 5.91 Å². The summed E-state index contributed by atoms with van der Waals surface area (Å²) in [6.07, 6.45) is 6.56. The second-order valence-corrected chi connectivity index (χ2v) is 9.01. The molecule has 3 rings (SSSR count). The number of hydrogen-bond acceptors (Lipinski definition) is 5. The number of aryl methyl sites for hydroxylation is 1. The van der Waals surface area contributed by atoms with Gasteiger partial charge in [-0.2, -0.15) is 0 Å². The second kappa shape index (κ2) is 11.5. The highest BCUT2D eigenvalue weighted by Gasteiger charge is 2.45. The summed E-state index contributed by atoms with van der Waals surface area (Å²) in [5, 5.41) is 13.0. The van der Waals surface area contributed by atoms with Gasteiger partial charge in [-0.3, -0.25) is 14.9 Å². The molecule has 1 aliphatic carbocycles. The minimum Gasteiger partial charge on any atom is -0.480 e. The largest absolute Gasteiger partial charge is 0.480 e. The van der Waals surface area contributed by atoms with Crippen molar-refractivity contribution in [1.29, 1.82) is 0 Å². The SMILES string of the molecule is CCOC(=O)[C@H](CCc1ccccc1)NC(C)C(=O)N1C2CCCCC2CC[C@H]1C(=O)O. The first kappa shape index (κ1) is 24.2. The van der Waals surface area contributed by atoms with E-state index in [1.54, 1.807) is 18.7 Å². The van der Waals surface area contributed by atoms with E-state index in [1.165, 1.54) is 0 Å². The number of nitrogens with one attached hydrogen (secondary N) is 1. The van der Waals surface area contributed by atoms with E-state index in [0.717, 1.165) is 37.7 Å². The number of carbonyl (C=O) groups is 3. The molecule has 7 nitrogen and oxygen atoms in total. The number of benzene rings is 1. The summed E-state index contributed by atoms with van der Waals surface area (Å²) in [5.41, 5.74) is 1.11. The van der Waals surface area contributed by atoms with Crippen molar-refractivity contribution in [2.24, 2.45) is 5.92 Å². The summed E-state index contributed by atoms with van der Waals surface area (Å²) < 4.78 is 5.24. The van der Waals surface area contributed by atoms with Crippen LogP contribution in [-0.4, -0.2) is 58.6 Å². The first-order valence-corrected chi connectivity index (χ1v) is 11.9. The minimum absolute atomic E-state index is 0.0271. The Labute approximate surface area is 190 Å². The zero-order valence-electron chi connectivity index (χ0n) is 19.2. The fourth-order valence-electron chi connectivity index (χ4n) is 5.26. The van der Waals surface area contributed by atoms with Crippen molar-refractivity contribution in [2.75, 3.05) is 6.61 Å². The van der Waals surface area contributed by atoms with Crippen LogP contribution in [0, 0.1) is 5.92 Å². The fourth-order valence-corrected chi connectivity index (χ4v) is 5.26. The van der Waals surface area contributed by atoms with Crippen LogP contribution in [0.4, 0.5) is 0 Å². The molecule has 2 fully saturated rings. The van der Waals surface area contributed by atoms with Crippen LogP contribution in [0.5, 0.6) is 0 Å². The van der Waals surface area contributed by atoms with Gasteiger partial charge < -0.3 is 14.7 Å². The molecular formula is C25H36N2O5. The molecule has 176 valence electrons.